The molecule has 0 spiro atoms. The van der Waals surface area contributed by atoms with E-state index in [0.29, 0.717) is 5.88 Å². The largest absolute Gasteiger partial charge is 0.300 e. The van der Waals surface area contributed by atoms with Gasteiger partial charge in [-0.1, -0.05) is 6.07 Å². The van der Waals surface area contributed by atoms with Crippen molar-refractivity contribution in [1.29, 1.82) is 0 Å². The van der Waals surface area contributed by atoms with Gasteiger partial charge in [-0.05, 0) is 26.0 Å². The van der Waals surface area contributed by atoms with Gasteiger partial charge >= 0.3 is 0 Å². The highest BCUT2D eigenvalue weighted by Crippen LogP contribution is 2.15. The fourth-order valence-corrected chi connectivity index (χ4v) is 1.91. The van der Waals surface area contributed by atoms with Crippen molar-refractivity contribution in [2.75, 3.05) is 0 Å². The molecule has 0 bridgehead atoms. The number of hydrogen-bond donors (Lipinski definition) is 0. The van der Waals surface area contributed by atoms with Gasteiger partial charge in [-0.2, -0.15) is 0 Å². The summed E-state index contributed by atoms with van der Waals surface area (Å²) in [6, 6.07) is 6.06. The van der Waals surface area contributed by atoms with Gasteiger partial charge in [0.2, 0.25) is 0 Å². The topological polar surface area (TPSA) is 17.3 Å². The highest BCUT2D eigenvalue weighted by molar-refractivity contribution is 6.17. The Hall–Kier alpha value is -1.02. The fourth-order valence-electron chi connectivity index (χ4n) is 1.60. The normalized spacial score (nSPS) is 11.0. The molecule has 2 nitrogen and oxygen atoms in total. The molecule has 0 unspecified atom stereocenters. The minimum Gasteiger partial charge on any atom is -0.300 e. The van der Waals surface area contributed by atoms with E-state index in [9.17, 15) is 0 Å². The molecule has 0 aliphatic rings. The number of halogens is 1. The van der Waals surface area contributed by atoms with Gasteiger partial charge < -0.3 is 0 Å². The smallest absolute Gasteiger partial charge is 0.137 e. The van der Waals surface area contributed by atoms with Crippen molar-refractivity contribution in [2.24, 2.45) is 0 Å². The molecular weight excluding hydrogens is 184 g/mol. The highest BCUT2D eigenvalue weighted by atomic mass is 35.5. The quantitative estimate of drug-likeness (QED) is 0.638. The van der Waals surface area contributed by atoms with E-state index in [1.807, 2.05) is 19.1 Å². The summed E-state index contributed by atoms with van der Waals surface area (Å²) in [5.74, 6) is 0.512. The molecule has 0 saturated heterocycles. The van der Waals surface area contributed by atoms with Gasteiger partial charge in [0.25, 0.3) is 0 Å². The number of rotatable bonds is 1. The molecule has 68 valence electrons. The van der Waals surface area contributed by atoms with Crippen LogP contribution < -0.4 is 0 Å². The first-order chi connectivity index (χ1) is 6.24. The monoisotopic (exact) mass is 194 g/mol. The molecule has 2 heterocycles. The Bertz CT molecular complexity index is 445. The lowest BCUT2D eigenvalue weighted by molar-refractivity contribution is 1.02. The number of hydrogen-bond acceptors (Lipinski definition) is 1. The minimum absolute atomic E-state index is 0.512. The number of nitrogens with zero attached hydrogens (tertiary/aromatic N) is 2. The molecule has 3 heteroatoms. The maximum atomic E-state index is 5.86. The molecular formula is C10H11ClN2. The van der Waals surface area contributed by atoms with Gasteiger partial charge in [0.05, 0.1) is 17.3 Å². The van der Waals surface area contributed by atoms with Gasteiger partial charge in [0.1, 0.15) is 5.65 Å². The van der Waals surface area contributed by atoms with Crippen LogP contribution in [0.1, 0.15) is 17.1 Å². The Labute approximate surface area is 82.2 Å². The Balaban J connectivity index is 2.88. The zero-order valence-corrected chi connectivity index (χ0v) is 8.47. The van der Waals surface area contributed by atoms with Crippen molar-refractivity contribution >= 4 is 17.2 Å². The molecule has 0 saturated carbocycles. The van der Waals surface area contributed by atoms with Crippen LogP contribution in [0.4, 0.5) is 0 Å². The van der Waals surface area contributed by atoms with Gasteiger partial charge in [-0.3, -0.25) is 4.40 Å². The van der Waals surface area contributed by atoms with E-state index in [1.165, 1.54) is 5.69 Å². The summed E-state index contributed by atoms with van der Waals surface area (Å²) >= 11 is 5.86. The van der Waals surface area contributed by atoms with Crippen LogP contribution in [0.3, 0.4) is 0 Å². The third kappa shape index (κ3) is 1.22. The summed E-state index contributed by atoms with van der Waals surface area (Å²) in [6.07, 6.45) is 0. The van der Waals surface area contributed by atoms with E-state index >= 15 is 0 Å². The second kappa shape index (κ2) is 3.04. The van der Waals surface area contributed by atoms with Gasteiger partial charge in [0, 0.05) is 5.69 Å². The second-order valence-electron chi connectivity index (χ2n) is 3.14. The van der Waals surface area contributed by atoms with E-state index in [-0.39, 0.29) is 0 Å². The summed E-state index contributed by atoms with van der Waals surface area (Å²) < 4.78 is 2.10. The van der Waals surface area contributed by atoms with E-state index in [2.05, 4.69) is 22.4 Å². The molecule has 2 aromatic rings. The average molecular weight is 195 g/mol. The van der Waals surface area contributed by atoms with Gasteiger partial charge in [0.15, 0.2) is 0 Å². The Kier molecular flexibility index (Phi) is 2.00. The van der Waals surface area contributed by atoms with Gasteiger partial charge in [-0.25, -0.2) is 4.98 Å². The lowest BCUT2D eigenvalue weighted by Crippen LogP contribution is -1.94. The van der Waals surface area contributed by atoms with E-state index in [4.69, 9.17) is 11.6 Å². The van der Waals surface area contributed by atoms with Crippen LogP contribution in [-0.2, 0) is 5.88 Å². The summed E-state index contributed by atoms with van der Waals surface area (Å²) in [5, 5.41) is 0. The van der Waals surface area contributed by atoms with Crippen LogP contribution in [-0.4, -0.2) is 9.38 Å². The molecule has 2 aromatic heterocycles. The highest BCUT2D eigenvalue weighted by Gasteiger charge is 2.07. The maximum absolute atomic E-state index is 5.86. The summed E-state index contributed by atoms with van der Waals surface area (Å²) in [7, 11) is 0. The number of imidazole rings is 1. The Morgan fingerprint density at radius 1 is 1.38 bits per heavy atom. The molecule has 0 radical (unpaired) electrons. The van der Waals surface area contributed by atoms with Crippen molar-refractivity contribution in [2.45, 2.75) is 19.7 Å². The molecule has 0 aliphatic carbocycles. The summed E-state index contributed by atoms with van der Waals surface area (Å²) in [5.41, 5.74) is 4.26. The van der Waals surface area contributed by atoms with Crippen LogP contribution >= 0.6 is 11.6 Å². The van der Waals surface area contributed by atoms with E-state index < -0.39 is 0 Å². The predicted molar refractivity (Wildman–Crippen MR) is 54.2 cm³/mol. The number of fused-ring (bicyclic) bond motifs is 1. The van der Waals surface area contributed by atoms with E-state index in [0.717, 1.165) is 17.0 Å². The first-order valence-corrected chi connectivity index (χ1v) is 4.77. The van der Waals surface area contributed by atoms with Crippen molar-refractivity contribution in [3.63, 3.8) is 0 Å². The first kappa shape index (κ1) is 8.57. The number of pyridine rings is 1. The molecule has 0 aliphatic heterocycles. The predicted octanol–water partition coefficient (Wildman–Crippen LogP) is 2.69. The average Bonchev–Trinajstić information content (AvgIpc) is 2.42. The fraction of sp³-hybridized carbons (Fsp3) is 0.300. The van der Waals surface area contributed by atoms with Crippen molar-refractivity contribution in [1.82, 2.24) is 9.38 Å². The third-order valence-electron chi connectivity index (χ3n) is 2.26. The number of aromatic nitrogens is 2. The van der Waals surface area contributed by atoms with Crippen molar-refractivity contribution in [3.8, 4) is 0 Å². The minimum atomic E-state index is 0.512. The van der Waals surface area contributed by atoms with Crippen LogP contribution in [0.25, 0.3) is 5.65 Å². The molecule has 2 rings (SSSR count). The Morgan fingerprint density at radius 3 is 2.85 bits per heavy atom. The van der Waals surface area contributed by atoms with Crippen LogP contribution in [0, 0.1) is 13.8 Å². The first-order valence-electron chi connectivity index (χ1n) is 4.23. The van der Waals surface area contributed by atoms with Crippen LogP contribution in [0.5, 0.6) is 0 Å². The molecule has 0 aromatic carbocycles. The van der Waals surface area contributed by atoms with Gasteiger partial charge in [-0.15, -0.1) is 11.6 Å². The zero-order valence-electron chi connectivity index (χ0n) is 7.71. The maximum Gasteiger partial charge on any atom is 0.137 e. The van der Waals surface area contributed by atoms with Crippen LogP contribution in [0.2, 0.25) is 0 Å². The standard InChI is InChI=1S/C10H11ClN2/c1-7-4-3-5-10-12-8(2)9(6-11)13(7)10/h3-5H,6H2,1-2H3. The van der Waals surface area contributed by atoms with Crippen LogP contribution in [0.15, 0.2) is 18.2 Å². The lowest BCUT2D eigenvalue weighted by Gasteiger charge is -2.02. The molecule has 13 heavy (non-hydrogen) atoms. The molecule has 0 atom stereocenters. The number of alkyl halides is 1. The SMILES string of the molecule is Cc1nc2cccc(C)n2c1CCl. The second-order valence-corrected chi connectivity index (χ2v) is 3.41. The third-order valence-corrected chi connectivity index (χ3v) is 2.51. The zero-order chi connectivity index (χ0) is 9.42. The summed E-state index contributed by atoms with van der Waals surface area (Å²) in [4.78, 5) is 4.42. The number of aryl methyl sites for hydroxylation is 2. The summed E-state index contributed by atoms with van der Waals surface area (Å²) in [6.45, 7) is 4.05. The van der Waals surface area contributed by atoms with E-state index in [1.54, 1.807) is 0 Å². The van der Waals surface area contributed by atoms with Crippen molar-refractivity contribution < 1.29 is 0 Å². The molecule has 0 amide bonds. The molecule has 0 N–H and O–H groups in total. The lowest BCUT2D eigenvalue weighted by atomic mass is 10.3. The molecule has 0 fully saturated rings. The Morgan fingerprint density at radius 2 is 2.15 bits per heavy atom. The van der Waals surface area contributed by atoms with Crippen molar-refractivity contribution in [3.05, 3.63) is 35.3 Å².